The van der Waals surface area contributed by atoms with Crippen LogP contribution < -0.4 is 10.2 Å². The standard InChI is InChI=1S/C19H17F3N2O2/c1-12-6-2-4-8-15(12)23-18(26)13-10-17(25)24(11-13)16-9-5-3-7-14(16)19(20,21)22/h2-9,13H,10-11H2,1H3,(H,23,26). The second-order valence-electron chi connectivity index (χ2n) is 6.22. The van der Waals surface area contributed by atoms with Crippen molar-refractivity contribution in [3.63, 3.8) is 0 Å². The van der Waals surface area contributed by atoms with Gasteiger partial charge in [0.2, 0.25) is 11.8 Å². The first kappa shape index (κ1) is 18.0. The Morgan fingerprint density at radius 1 is 1.12 bits per heavy atom. The minimum Gasteiger partial charge on any atom is -0.326 e. The van der Waals surface area contributed by atoms with Crippen LogP contribution in [0.15, 0.2) is 48.5 Å². The number of aryl methyl sites for hydroxylation is 1. The van der Waals surface area contributed by atoms with E-state index in [1.807, 2.05) is 19.1 Å². The van der Waals surface area contributed by atoms with Crippen molar-refractivity contribution < 1.29 is 22.8 Å². The first-order valence-electron chi connectivity index (χ1n) is 8.10. The molecule has 0 aliphatic carbocycles. The van der Waals surface area contributed by atoms with Gasteiger partial charge in [-0.1, -0.05) is 30.3 Å². The third-order valence-corrected chi connectivity index (χ3v) is 4.40. The first-order valence-corrected chi connectivity index (χ1v) is 8.10. The van der Waals surface area contributed by atoms with Gasteiger partial charge >= 0.3 is 6.18 Å². The van der Waals surface area contributed by atoms with E-state index in [-0.39, 0.29) is 24.6 Å². The second-order valence-corrected chi connectivity index (χ2v) is 6.22. The Morgan fingerprint density at radius 3 is 2.46 bits per heavy atom. The summed E-state index contributed by atoms with van der Waals surface area (Å²) in [6.45, 7) is 1.75. The van der Waals surface area contributed by atoms with E-state index in [0.717, 1.165) is 16.5 Å². The summed E-state index contributed by atoms with van der Waals surface area (Å²) in [4.78, 5) is 25.8. The molecule has 2 aromatic carbocycles. The predicted octanol–water partition coefficient (Wildman–Crippen LogP) is 4.01. The van der Waals surface area contributed by atoms with Crippen LogP contribution in [0.2, 0.25) is 0 Å². The Morgan fingerprint density at radius 2 is 1.77 bits per heavy atom. The lowest BCUT2D eigenvalue weighted by Crippen LogP contribution is -2.29. The average Bonchev–Trinajstić information content (AvgIpc) is 2.98. The summed E-state index contributed by atoms with van der Waals surface area (Å²) in [5.41, 5.74) is 0.396. The molecule has 1 N–H and O–H groups in total. The zero-order valence-electron chi connectivity index (χ0n) is 14.0. The third-order valence-electron chi connectivity index (χ3n) is 4.40. The molecule has 0 radical (unpaired) electrons. The lowest BCUT2D eigenvalue weighted by molar-refractivity contribution is -0.137. The lowest BCUT2D eigenvalue weighted by atomic mass is 10.1. The Bertz CT molecular complexity index is 849. The minimum absolute atomic E-state index is 0.0797. The summed E-state index contributed by atoms with van der Waals surface area (Å²) in [7, 11) is 0. The number of benzene rings is 2. The molecule has 1 unspecified atom stereocenters. The zero-order chi connectivity index (χ0) is 18.9. The largest absolute Gasteiger partial charge is 0.418 e. The molecule has 1 heterocycles. The molecule has 1 saturated heterocycles. The van der Waals surface area contributed by atoms with Crippen LogP contribution in [0.5, 0.6) is 0 Å². The van der Waals surface area contributed by atoms with Crippen molar-refractivity contribution in [2.45, 2.75) is 19.5 Å². The Hall–Kier alpha value is -2.83. The van der Waals surface area contributed by atoms with Gasteiger partial charge in [-0.05, 0) is 30.7 Å². The molecule has 4 nitrogen and oxygen atoms in total. The summed E-state index contributed by atoms with van der Waals surface area (Å²) in [6.07, 6.45) is -4.69. The Kier molecular flexibility index (Phi) is 4.71. The van der Waals surface area contributed by atoms with E-state index in [1.165, 1.54) is 18.2 Å². The highest BCUT2D eigenvalue weighted by Gasteiger charge is 2.40. The number of hydrogen-bond acceptors (Lipinski definition) is 2. The summed E-state index contributed by atoms with van der Waals surface area (Å²) in [5, 5.41) is 2.75. The molecule has 0 bridgehead atoms. The molecular weight excluding hydrogens is 345 g/mol. The highest BCUT2D eigenvalue weighted by Crippen LogP contribution is 2.38. The molecule has 1 atom stereocenters. The van der Waals surface area contributed by atoms with Crippen molar-refractivity contribution in [3.05, 3.63) is 59.7 Å². The van der Waals surface area contributed by atoms with Crippen LogP contribution in [0.3, 0.4) is 0 Å². The Labute approximate surface area is 148 Å². The number of anilines is 2. The fourth-order valence-corrected chi connectivity index (χ4v) is 3.01. The molecule has 7 heteroatoms. The predicted molar refractivity (Wildman–Crippen MR) is 91.7 cm³/mol. The van der Waals surface area contributed by atoms with Gasteiger partial charge in [-0.15, -0.1) is 0 Å². The number of nitrogens with one attached hydrogen (secondary N) is 1. The molecule has 136 valence electrons. The molecular formula is C19H17F3N2O2. The summed E-state index contributed by atoms with van der Waals surface area (Å²) >= 11 is 0. The van der Waals surface area contributed by atoms with Gasteiger partial charge in [-0.2, -0.15) is 13.2 Å². The van der Waals surface area contributed by atoms with Gasteiger partial charge in [0.15, 0.2) is 0 Å². The van der Waals surface area contributed by atoms with Crippen molar-refractivity contribution in [1.29, 1.82) is 0 Å². The molecule has 1 aliphatic heterocycles. The number of carbonyl (C=O) groups is 2. The monoisotopic (exact) mass is 362 g/mol. The van der Waals surface area contributed by atoms with Crippen LogP contribution >= 0.6 is 0 Å². The van der Waals surface area contributed by atoms with Gasteiger partial charge in [0, 0.05) is 18.7 Å². The SMILES string of the molecule is Cc1ccccc1NC(=O)C1CC(=O)N(c2ccccc2C(F)(F)F)C1. The van der Waals surface area contributed by atoms with Gasteiger partial charge in [-0.25, -0.2) is 0 Å². The van der Waals surface area contributed by atoms with Gasteiger partial charge in [0.25, 0.3) is 0 Å². The third kappa shape index (κ3) is 3.56. The molecule has 0 spiro atoms. The summed E-state index contributed by atoms with van der Waals surface area (Å²) < 4.78 is 39.6. The maximum absolute atomic E-state index is 13.2. The minimum atomic E-state index is -4.57. The van der Waals surface area contributed by atoms with E-state index in [1.54, 1.807) is 12.1 Å². The van der Waals surface area contributed by atoms with Crippen molar-refractivity contribution in [2.24, 2.45) is 5.92 Å². The van der Waals surface area contributed by atoms with Crippen LogP contribution in [0.1, 0.15) is 17.5 Å². The van der Waals surface area contributed by atoms with Gasteiger partial charge in [0.05, 0.1) is 17.2 Å². The van der Waals surface area contributed by atoms with E-state index in [0.29, 0.717) is 5.69 Å². The van der Waals surface area contributed by atoms with E-state index in [2.05, 4.69) is 5.32 Å². The highest BCUT2D eigenvalue weighted by atomic mass is 19.4. The van der Waals surface area contributed by atoms with Gasteiger partial charge in [0.1, 0.15) is 0 Å². The van der Waals surface area contributed by atoms with Crippen LogP contribution in [-0.2, 0) is 15.8 Å². The summed E-state index contributed by atoms with van der Waals surface area (Å²) in [5.74, 6) is -1.57. The number of hydrogen-bond donors (Lipinski definition) is 1. The molecule has 0 aromatic heterocycles. The van der Waals surface area contributed by atoms with E-state index >= 15 is 0 Å². The summed E-state index contributed by atoms with van der Waals surface area (Å²) in [6, 6.07) is 12.1. The van der Waals surface area contributed by atoms with Crippen molar-refractivity contribution in [3.8, 4) is 0 Å². The van der Waals surface area contributed by atoms with Crippen LogP contribution in [0.4, 0.5) is 24.5 Å². The highest BCUT2D eigenvalue weighted by molar-refractivity contribution is 6.04. The zero-order valence-corrected chi connectivity index (χ0v) is 14.0. The quantitative estimate of drug-likeness (QED) is 0.897. The number of carbonyl (C=O) groups excluding carboxylic acids is 2. The molecule has 26 heavy (non-hydrogen) atoms. The van der Waals surface area contributed by atoms with Crippen LogP contribution in [-0.4, -0.2) is 18.4 Å². The number of rotatable bonds is 3. The molecule has 0 saturated carbocycles. The van der Waals surface area contributed by atoms with Crippen LogP contribution in [0, 0.1) is 12.8 Å². The average molecular weight is 362 g/mol. The Balaban J connectivity index is 1.80. The number of halogens is 3. The molecule has 1 fully saturated rings. The number of nitrogens with zero attached hydrogens (tertiary/aromatic N) is 1. The van der Waals surface area contributed by atoms with Crippen molar-refractivity contribution in [2.75, 3.05) is 16.8 Å². The van der Waals surface area contributed by atoms with E-state index < -0.39 is 23.6 Å². The second kappa shape index (κ2) is 6.82. The molecule has 2 aromatic rings. The van der Waals surface area contributed by atoms with Crippen molar-refractivity contribution >= 4 is 23.2 Å². The fourth-order valence-electron chi connectivity index (χ4n) is 3.01. The lowest BCUT2D eigenvalue weighted by Gasteiger charge is -2.21. The smallest absolute Gasteiger partial charge is 0.326 e. The maximum atomic E-state index is 13.2. The first-order chi connectivity index (χ1) is 12.3. The molecule has 2 amide bonds. The normalized spacial score (nSPS) is 17.5. The number of para-hydroxylation sites is 2. The van der Waals surface area contributed by atoms with E-state index in [9.17, 15) is 22.8 Å². The number of amides is 2. The molecule has 3 rings (SSSR count). The number of alkyl halides is 3. The van der Waals surface area contributed by atoms with Gasteiger partial charge in [-0.3, -0.25) is 9.59 Å². The van der Waals surface area contributed by atoms with Gasteiger partial charge < -0.3 is 10.2 Å². The van der Waals surface area contributed by atoms with Crippen LogP contribution in [0.25, 0.3) is 0 Å². The van der Waals surface area contributed by atoms with E-state index in [4.69, 9.17) is 0 Å². The molecule has 1 aliphatic rings. The van der Waals surface area contributed by atoms with Crippen molar-refractivity contribution in [1.82, 2.24) is 0 Å². The fraction of sp³-hybridized carbons (Fsp3) is 0.263. The topological polar surface area (TPSA) is 49.4 Å². The maximum Gasteiger partial charge on any atom is 0.418 e.